The largest absolute Gasteiger partial charge is 0.481 e. The zero-order valence-electron chi connectivity index (χ0n) is 15.3. The molecule has 4 aromatic rings. The summed E-state index contributed by atoms with van der Waals surface area (Å²) in [7, 11) is 0. The smallest absolute Gasteiger partial charge is 0.304 e. The number of nitrogens with two attached hydrogens (primary N) is 1. The minimum absolute atomic E-state index is 0.0838. The lowest BCUT2D eigenvalue weighted by Gasteiger charge is -2.12. The molecule has 0 radical (unpaired) electrons. The minimum Gasteiger partial charge on any atom is -0.481 e. The number of rotatable bonds is 7. The lowest BCUT2D eigenvalue weighted by atomic mass is 9.94. The quantitative estimate of drug-likeness (QED) is 0.484. The van der Waals surface area contributed by atoms with Crippen LogP contribution in [0, 0.1) is 0 Å². The number of anilines is 1. The maximum atomic E-state index is 11.4. The number of aliphatic carboxylic acids is 1. The zero-order chi connectivity index (χ0) is 20.2. The molecule has 0 aliphatic carbocycles. The van der Waals surface area contributed by atoms with Crippen LogP contribution in [0.2, 0.25) is 0 Å². The standard InChI is InChI=1S/C20H18N6O2S/c21-17-7-6-14(9-22-17)15(8-19(27)28)16-10-26(12-23-16)11-18-24-25-20(29-18)13-4-2-1-3-5-13/h1-7,9-10,12,15H,8,11H2,(H2,21,22)(H,27,28). The lowest BCUT2D eigenvalue weighted by Crippen LogP contribution is -2.09. The SMILES string of the molecule is Nc1ccc(C(CC(=O)O)c2cn(Cc3nnc(-c4ccccc4)s3)cn2)cn1. The lowest BCUT2D eigenvalue weighted by molar-refractivity contribution is -0.137. The Kier molecular flexibility index (Phi) is 5.30. The Morgan fingerprint density at radius 2 is 1.97 bits per heavy atom. The molecule has 0 aliphatic rings. The molecule has 3 aromatic heterocycles. The molecule has 3 N–H and O–H groups in total. The van der Waals surface area contributed by atoms with Crippen LogP contribution in [0.4, 0.5) is 5.82 Å². The number of carboxylic acid groups (broad SMARTS) is 1. The molecule has 0 saturated heterocycles. The second kappa shape index (κ2) is 8.19. The highest BCUT2D eigenvalue weighted by atomic mass is 32.1. The number of nitrogen functional groups attached to an aromatic ring is 1. The van der Waals surface area contributed by atoms with Crippen molar-refractivity contribution in [3.63, 3.8) is 0 Å². The fraction of sp³-hybridized carbons (Fsp3) is 0.150. The Hall–Kier alpha value is -3.59. The van der Waals surface area contributed by atoms with E-state index < -0.39 is 11.9 Å². The summed E-state index contributed by atoms with van der Waals surface area (Å²) in [5.41, 5.74) is 8.09. The first-order valence-corrected chi connectivity index (χ1v) is 9.73. The van der Waals surface area contributed by atoms with Crippen LogP contribution in [0.25, 0.3) is 10.6 Å². The van der Waals surface area contributed by atoms with Gasteiger partial charge in [-0.15, -0.1) is 10.2 Å². The highest BCUT2D eigenvalue weighted by molar-refractivity contribution is 7.14. The van der Waals surface area contributed by atoms with Crippen LogP contribution in [0.5, 0.6) is 0 Å². The van der Waals surface area contributed by atoms with Crippen molar-refractivity contribution in [1.82, 2.24) is 24.7 Å². The van der Waals surface area contributed by atoms with Crippen molar-refractivity contribution in [1.29, 1.82) is 0 Å². The molecule has 8 nitrogen and oxygen atoms in total. The summed E-state index contributed by atoms with van der Waals surface area (Å²) in [6.07, 6.45) is 5.03. The van der Waals surface area contributed by atoms with Crippen LogP contribution in [0.1, 0.15) is 28.6 Å². The maximum absolute atomic E-state index is 11.4. The molecule has 146 valence electrons. The third-order valence-electron chi connectivity index (χ3n) is 4.41. The van der Waals surface area contributed by atoms with E-state index in [2.05, 4.69) is 20.2 Å². The Morgan fingerprint density at radius 1 is 1.14 bits per heavy atom. The highest BCUT2D eigenvalue weighted by Gasteiger charge is 2.21. The van der Waals surface area contributed by atoms with Crippen molar-refractivity contribution in [3.8, 4) is 10.6 Å². The monoisotopic (exact) mass is 406 g/mol. The molecule has 0 saturated carbocycles. The van der Waals surface area contributed by atoms with Crippen molar-refractivity contribution < 1.29 is 9.90 Å². The van der Waals surface area contributed by atoms with Gasteiger partial charge in [-0.3, -0.25) is 4.79 Å². The van der Waals surface area contributed by atoms with E-state index in [4.69, 9.17) is 5.73 Å². The topological polar surface area (TPSA) is 120 Å². The highest BCUT2D eigenvalue weighted by Crippen LogP contribution is 2.28. The predicted octanol–water partition coefficient (Wildman–Crippen LogP) is 3.03. The summed E-state index contributed by atoms with van der Waals surface area (Å²) in [4.78, 5) is 19.9. The van der Waals surface area contributed by atoms with Gasteiger partial charge in [-0.05, 0) is 11.6 Å². The molecule has 0 spiro atoms. The van der Waals surface area contributed by atoms with Gasteiger partial charge in [0.1, 0.15) is 15.8 Å². The molecule has 0 fully saturated rings. The number of carboxylic acids is 1. The van der Waals surface area contributed by atoms with Gasteiger partial charge in [0.25, 0.3) is 0 Å². The van der Waals surface area contributed by atoms with Crippen LogP contribution in [0.15, 0.2) is 61.2 Å². The molecule has 0 aliphatic heterocycles. The van der Waals surface area contributed by atoms with Gasteiger partial charge in [0.15, 0.2) is 0 Å². The van der Waals surface area contributed by atoms with Gasteiger partial charge < -0.3 is 15.4 Å². The number of carbonyl (C=O) groups is 1. The van der Waals surface area contributed by atoms with Gasteiger partial charge in [0.2, 0.25) is 0 Å². The summed E-state index contributed by atoms with van der Waals surface area (Å²) >= 11 is 1.52. The molecular formula is C20H18N6O2S. The van der Waals surface area contributed by atoms with Gasteiger partial charge in [0.05, 0.1) is 25.0 Å². The number of benzene rings is 1. The van der Waals surface area contributed by atoms with E-state index in [1.807, 2.05) is 41.1 Å². The van der Waals surface area contributed by atoms with Gasteiger partial charge in [-0.25, -0.2) is 9.97 Å². The van der Waals surface area contributed by atoms with Gasteiger partial charge >= 0.3 is 5.97 Å². The first kappa shape index (κ1) is 18.8. The second-order valence-corrected chi connectivity index (χ2v) is 7.57. The van der Waals surface area contributed by atoms with E-state index in [1.165, 1.54) is 11.3 Å². The van der Waals surface area contributed by atoms with Gasteiger partial charge in [-0.2, -0.15) is 0 Å². The van der Waals surface area contributed by atoms with Crippen LogP contribution < -0.4 is 5.73 Å². The molecule has 0 amide bonds. The summed E-state index contributed by atoms with van der Waals surface area (Å²) in [6, 6.07) is 13.3. The third kappa shape index (κ3) is 4.46. The van der Waals surface area contributed by atoms with Crippen LogP contribution in [-0.2, 0) is 11.3 Å². The van der Waals surface area contributed by atoms with E-state index in [1.54, 1.807) is 24.7 Å². The number of aromatic nitrogens is 5. The summed E-state index contributed by atoms with van der Waals surface area (Å²) in [5, 5.41) is 19.5. The average molecular weight is 406 g/mol. The van der Waals surface area contributed by atoms with Crippen molar-refractivity contribution >= 4 is 23.1 Å². The number of hydrogen-bond acceptors (Lipinski definition) is 7. The molecule has 1 atom stereocenters. The van der Waals surface area contributed by atoms with Crippen LogP contribution in [0.3, 0.4) is 0 Å². The van der Waals surface area contributed by atoms with E-state index in [-0.39, 0.29) is 6.42 Å². The molecule has 1 aromatic carbocycles. The maximum Gasteiger partial charge on any atom is 0.304 e. The van der Waals surface area contributed by atoms with Crippen molar-refractivity contribution in [3.05, 3.63) is 77.5 Å². The van der Waals surface area contributed by atoms with E-state index in [0.29, 0.717) is 18.1 Å². The molecule has 9 heteroatoms. The van der Waals surface area contributed by atoms with Crippen LogP contribution in [-0.4, -0.2) is 35.8 Å². The number of nitrogens with zero attached hydrogens (tertiary/aromatic N) is 5. The molecular weight excluding hydrogens is 388 g/mol. The summed E-state index contributed by atoms with van der Waals surface area (Å²) in [6.45, 7) is 0.511. The summed E-state index contributed by atoms with van der Waals surface area (Å²) in [5.74, 6) is -0.923. The minimum atomic E-state index is -0.905. The fourth-order valence-corrected chi connectivity index (χ4v) is 3.86. The van der Waals surface area contributed by atoms with Crippen molar-refractivity contribution in [2.75, 3.05) is 5.73 Å². The Morgan fingerprint density at radius 3 is 2.69 bits per heavy atom. The molecule has 0 bridgehead atoms. The summed E-state index contributed by atoms with van der Waals surface area (Å²) < 4.78 is 1.88. The van der Waals surface area contributed by atoms with Gasteiger partial charge in [0, 0.05) is 23.9 Å². The number of imidazole rings is 1. The predicted molar refractivity (Wildman–Crippen MR) is 109 cm³/mol. The van der Waals surface area contributed by atoms with Crippen molar-refractivity contribution in [2.24, 2.45) is 0 Å². The second-order valence-electron chi connectivity index (χ2n) is 6.50. The number of hydrogen-bond donors (Lipinski definition) is 2. The number of pyridine rings is 1. The molecule has 3 heterocycles. The normalized spacial score (nSPS) is 12.0. The average Bonchev–Trinajstić information content (AvgIpc) is 3.38. The Balaban J connectivity index is 1.54. The fourth-order valence-electron chi connectivity index (χ4n) is 3.01. The Labute approximate surface area is 170 Å². The zero-order valence-corrected chi connectivity index (χ0v) is 16.2. The van der Waals surface area contributed by atoms with Gasteiger partial charge in [-0.1, -0.05) is 47.7 Å². The van der Waals surface area contributed by atoms with Crippen LogP contribution >= 0.6 is 11.3 Å². The first-order chi connectivity index (χ1) is 14.1. The first-order valence-electron chi connectivity index (χ1n) is 8.91. The van der Waals surface area contributed by atoms with E-state index >= 15 is 0 Å². The molecule has 1 unspecified atom stereocenters. The van der Waals surface area contributed by atoms with E-state index in [0.717, 1.165) is 21.1 Å². The Bertz CT molecular complexity index is 1110. The molecule has 4 rings (SSSR count). The third-order valence-corrected chi connectivity index (χ3v) is 5.36. The van der Waals surface area contributed by atoms with Crippen molar-refractivity contribution in [2.45, 2.75) is 18.9 Å². The molecule has 29 heavy (non-hydrogen) atoms. The van der Waals surface area contributed by atoms with E-state index in [9.17, 15) is 9.90 Å².